The third-order valence-electron chi connectivity index (χ3n) is 23.1. The highest BCUT2D eigenvalue weighted by molar-refractivity contribution is 6.17. The average Bonchev–Trinajstić information content (AvgIpc) is 1.57. The predicted molar refractivity (Wildman–Crippen MR) is 459 cm³/mol. The van der Waals surface area contributed by atoms with E-state index < -0.39 is 0 Å². The Bertz CT molecular complexity index is 6730. The Hall–Kier alpha value is -14.1. The number of fused-ring (bicyclic) bond motifs is 15. The number of rotatable bonds is 10. The number of benzene rings is 17. The number of para-hydroxylation sites is 3. The van der Waals surface area contributed by atoms with Crippen molar-refractivity contribution in [3.05, 3.63) is 412 Å². The van der Waals surface area contributed by atoms with Gasteiger partial charge in [0.2, 0.25) is 0 Å². The molecule has 109 heavy (non-hydrogen) atoms. The third-order valence-corrected chi connectivity index (χ3v) is 23.1. The molecule has 22 rings (SSSR count). The van der Waals surface area contributed by atoms with Gasteiger partial charge in [0, 0.05) is 85.2 Å². The van der Waals surface area contributed by atoms with E-state index >= 15 is 0 Å². The molecule has 2 heterocycles. The van der Waals surface area contributed by atoms with Gasteiger partial charge < -0.3 is 18.9 Å². The van der Waals surface area contributed by atoms with Crippen LogP contribution in [0.4, 0.5) is 34.1 Å². The van der Waals surface area contributed by atoms with Crippen LogP contribution in [0.25, 0.3) is 155 Å². The van der Waals surface area contributed by atoms with Crippen LogP contribution in [0.1, 0.15) is 25.0 Å². The molecule has 19 aromatic rings. The molecular formula is C105H72N4. The number of nitrogens with zero attached hydrogens (tertiary/aromatic N) is 4. The zero-order valence-electron chi connectivity index (χ0n) is 60.4. The second-order valence-corrected chi connectivity index (χ2v) is 29.6. The van der Waals surface area contributed by atoms with Gasteiger partial charge in [-0.1, -0.05) is 269 Å². The van der Waals surface area contributed by atoms with Crippen molar-refractivity contribution >= 4 is 77.5 Å². The summed E-state index contributed by atoms with van der Waals surface area (Å²) in [4.78, 5) is 4.67. The Balaban J connectivity index is 0.000000141. The van der Waals surface area contributed by atoms with Gasteiger partial charge in [-0.3, -0.25) is 0 Å². The van der Waals surface area contributed by atoms with Gasteiger partial charge in [-0.05, 0) is 255 Å². The van der Waals surface area contributed by atoms with E-state index in [-0.39, 0.29) is 5.41 Å². The van der Waals surface area contributed by atoms with Crippen LogP contribution in [0.15, 0.2) is 401 Å². The molecule has 0 aliphatic heterocycles. The molecule has 0 unspecified atom stereocenters. The smallest absolute Gasteiger partial charge is 0.0541 e. The molecule has 0 N–H and O–H groups in total. The van der Waals surface area contributed by atoms with Crippen LogP contribution in [-0.4, -0.2) is 9.13 Å². The first-order valence-corrected chi connectivity index (χ1v) is 37.8. The normalized spacial score (nSPS) is 12.4. The standard InChI is InChI=1S/C57H40N2.C48H32N2/c1-57(2)53-21-11-10-19-47(53)48-32-31-44(35-54(48)57)59(42-15-4-3-5-16-42)43-29-25-38(26-30-43)37-23-27-41(28-24-37)58-36-52-51-34-40-14-7-6-13-39(40)33-50(51)46-18-9-8-17-45(46)49-20-12-22-55(58)56(49)52;1-3-14-38(15-4-1)50(39-16-5-2-6-17-39)40-28-24-34(25-29-40)33-22-26-37(27-23-33)49-32-46-45-31-36-13-8-7-12-35(36)30-44(45)42-19-10-9-18-41(42)43-20-11-21-47(49)48(43)46/h3-36H,1-2H3;1-32H. The summed E-state index contributed by atoms with van der Waals surface area (Å²) < 4.78 is 4.74. The van der Waals surface area contributed by atoms with Crippen LogP contribution in [0, 0.1) is 0 Å². The molecule has 2 aromatic heterocycles. The maximum Gasteiger partial charge on any atom is 0.0541 e. The SMILES string of the molecule is CC1(C)c2ccccc2-c2ccc(N(c3ccccc3)c3ccc(-c4ccc(-n5cc6c7c(cccc75)-c5ccccc5-c5cc7ccccc7cc5-6)cc4)cc3)cc21.c1ccc(N(c2ccccc2)c2ccc(-c3ccc(-n4cc5c6c(cccc64)-c4ccccc4-c4cc6ccccc6cc4-5)cc3)cc2)cc1. The molecule has 512 valence electrons. The van der Waals surface area contributed by atoms with Crippen LogP contribution in [0.2, 0.25) is 0 Å². The lowest BCUT2D eigenvalue weighted by molar-refractivity contribution is 0.660. The van der Waals surface area contributed by atoms with Gasteiger partial charge in [0.25, 0.3) is 0 Å². The molecule has 17 aromatic carbocycles. The summed E-state index contributed by atoms with van der Waals surface area (Å²) in [5.74, 6) is 0. The van der Waals surface area contributed by atoms with Crippen molar-refractivity contribution in [2.75, 3.05) is 9.80 Å². The van der Waals surface area contributed by atoms with Crippen LogP contribution in [-0.2, 0) is 5.41 Å². The number of aromatic nitrogens is 2. The second kappa shape index (κ2) is 25.6. The third kappa shape index (κ3) is 10.6. The van der Waals surface area contributed by atoms with Crippen LogP contribution in [0.3, 0.4) is 0 Å². The molecule has 0 saturated carbocycles. The Morgan fingerprint density at radius 2 is 0.495 bits per heavy atom. The average molecular weight is 1390 g/mol. The van der Waals surface area contributed by atoms with E-state index in [9.17, 15) is 0 Å². The largest absolute Gasteiger partial charge is 0.316 e. The summed E-state index contributed by atoms with van der Waals surface area (Å²) in [6, 6.07) is 142. The summed E-state index contributed by atoms with van der Waals surface area (Å²) in [6.07, 6.45) is 4.70. The molecule has 3 aliphatic rings. The van der Waals surface area contributed by atoms with E-state index in [1.807, 2.05) is 0 Å². The van der Waals surface area contributed by atoms with Crippen LogP contribution in [0.5, 0.6) is 0 Å². The van der Waals surface area contributed by atoms with E-state index in [0.717, 1.165) is 45.5 Å². The summed E-state index contributed by atoms with van der Waals surface area (Å²) in [6.45, 7) is 4.70. The van der Waals surface area contributed by atoms with Gasteiger partial charge in [-0.2, -0.15) is 0 Å². The molecule has 0 spiro atoms. The summed E-state index contributed by atoms with van der Waals surface area (Å²) in [5, 5.41) is 7.64. The van der Waals surface area contributed by atoms with Gasteiger partial charge >= 0.3 is 0 Å². The maximum atomic E-state index is 2.40. The van der Waals surface area contributed by atoms with Crippen LogP contribution < -0.4 is 9.80 Å². The monoisotopic (exact) mass is 1390 g/mol. The van der Waals surface area contributed by atoms with E-state index in [1.165, 1.54) is 155 Å². The van der Waals surface area contributed by atoms with Crippen molar-refractivity contribution in [2.24, 2.45) is 0 Å². The van der Waals surface area contributed by atoms with Crippen molar-refractivity contribution in [3.63, 3.8) is 0 Å². The van der Waals surface area contributed by atoms with E-state index in [2.05, 4.69) is 433 Å². The van der Waals surface area contributed by atoms with Gasteiger partial charge in [-0.25, -0.2) is 0 Å². The lowest BCUT2D eigenvalue weighted by atomic mass is 9.82. The van der Waals surface area contributed by atoms with Crippen LogP contribution >= 0.6 is 0 Å². The highest BCUT2D eigenvalue weighted by atomic mass is 15.1. The lowest BCUT2D eigenvalue weighted by Crippen LogP contribution is -2.16. The Kier molecular flexibility index (Phi) is 14.9. The molecule has 0 saturated heterocycles. The maximum absolute atomic E-state index is 2.40. The number of hydrogen-bond donors (Lipinski definition) is 0. The highest BCUT2D eigenvalue weighted by Crippen LogP contribution is 2.54. The van der Waals surface area contributed by atoms with E-state index in [0.29, 0.717) is 0 Å². The lowest BCUT2D eigenvalue weighted by Gasteiger charge is -2.28. The summed E-state index contributed by atoms with van der Waals surface area (Å²) in [7, 11) is 0. The summed E-state index contributed by atoms with van der Waals surface area (Å²) >= 11 is 0. The molecule has 0 atom stereocenters. The van der Waals surface area contributed by atoms with Gasteiger partial charge in [-0.15, -0.1) is 0 Å². The molecule has 4 heteroatoms. The molecule has 0 fully saturated rings. The first kappa shape index (κ1) is 63.4. The highest BCUT2D eigenvalue weighted by Gasteiger charge is 2.36. The topological polar surface area (TPSA) is 16.3 Å². The zero-order valence-corrected chi connectivity index (χ0v) is 60.4. The molecule has 4 nitrogen and oxygen atoms in total. The van der Waals surface area contributed by atoms with Crippen molar-refractivity contribution in [1.82, 2.24) is 9.13 Å². The van der Waals surface area contributed by atoms with Crippen molar-refractivity contribution in [3.8, 4) is 112 Å². The van der Waals surface area contributed by atoms with E-state index in [4.69, 9.17) is 0 Å². The summed E-state index contributed by atoms with van der Waals surface area (Å²) in [5.41, 5.74) is 37.0. The minimum absolute atomic E-state index is 0.0720. The van der Waals surface area contributed by atoms with Crippen molar-refractivity contribution in [2.45, 2.75) is 19.3 Å². The molecule has 0 amide bonds. The zero-order chi connectivity index (χ0) is 72.3. The van der Waals surface area contributed by atoms with Gasteiger partial charge in [0.15, 0.2) is 0 Å². The predicted octanol–water partition coefficient (Wildman–Crippen LogP) is 28.8. The first-order chi connectivity index (χ1) is 53.8. The number of anilines is 6. The number of hydrogen-bond acceptors (Lipinski definition) is 2. The molecule has 0 bridgehead atoms. The molecule has 3 aliphatic carbocycles. The molecule has 0 radical (unpaired) electrons. The van der Waals surface area contributed by atoms with Gasteiger partial charge in [0.05, 0.1) is 11.0 Å². The van der Waals surface area contributed by atoms with E-state index in [1.54, 1.807) is 0 Å². The van der Waals surface area contributed by atoms with Crippen molar-refractivity contribution in [1.29, 1.82) is 0 Å². The quantitative estimate of drug-likeness (QED) is 0.136. The fourth-order valence-electron chi connectivity index (χ4n) is 17.8. The Labute approximate surface area is 634 Å². The fourth-order valence-corrected chi connectivity index (χ4v) is 17.8. The fraction of sp³-hybridized carbons (Fsp3) is 0.0286. The molecular weight excluding hydrogens is 1320 g/mol. The van der Waals surface area contributed by atoms with Gasteiger partial charge in [0.1, 0.15) is 0 Å². The Morgan fingerprint density at radius 3 is 0.899 bits per heavy atom. The minimum atomic E-state index is -0.0720. The minimum Gasteiger partial charge on any atom is -0.316 e. The Morgan fingerprint density at radius 1 is 0.202 bits per heavy atom. The first-order valence-electron chi connectivity index (χ1n) is 37.8. The second-order valence-electron chi connectivity index (χ2n) is 29.6. The van der Waals surface area contributed by atoms with Crippen molar-refractivity contribution < 1.29 is 0 Å².